The van der Waals surface area contributed by atoms with Crippen molar-refractivity contribution in [3.8, 4) is 11.1 Å². The molecule has 5 heteroatoms. The third-order valence-electron chi connectivity index (χ3n) is 5.41. The Morgan fingerprint density at radius 2 is 1.62 bits per heavy atom. The first-order chi connectivity index (χ1) is 14.2. The number of benzene rings is 3. The zero-order valence-corrected chi connectivity index (χ0v) is 16.5. The van der Waals surface area contributed by atoms with Crippen molar-refractivity contribution in [3.63, 3.8) is 0 Å². The first-order valence-corrected chi connectivity index (χ1v) is 10.4. The van der Waals surface area contributed by atoms with E-state index in [4.69, 9.17) is 0 Å². The molecule has 0 spiro atoms. The second-order valence-electron chi connectivity index (χ2n) is 7.18. The van der Waals surface area contributed by atoms with Crippen molar-refractivity contribution in [2.24, 2.45) is 0 Å². The summed E-state index contributed by atoms with van der Waals surface area (Å²) >= 11 is 1.51. The van der Waals surface area contributed by atoms with Gasteiger partial charge in [-0.2, -0.15) is 0 Å². The number of aliphatic carboxylic acids is 1. The molecule has 0 saturated heterocycles. The van der Waals surface area contributed by atoms with Crippen molar-refractivity contribution in [1.82, 2.24) is 9.29 Å². The molecule has 1 aromatic heterocycles. The van der Waals surface area contributed by atoms with Gasteiger partial charge in [-0.05, 0) is 53.3 Å². The van der Waals surface area contributed by atoms with Crippen LogP contribution in [0.4, 0.5) is 0 Å². The summed E-state index contributed by atoms with van der Waals surface area (Å²) in [5.41, 5.74) is 5.26. The number of nitrogens with zero attached hydrogens (tertiary/aromatic N) is 1. The molecule has 0 aliphatic carbocycles. The van der Waals surface area contributed by atoms with E-state index in [0.717, 1.165) is 39.0 Å². The lowest BCUT2D eigenvalue weighted by Crippen LogP contribution is -2.35. The van der Waals surface area contributed by atoms with Crippen LogP contribution < -0.4 is 0 Å². The molecule has 2 N–H and O–H groups in total. The number of hydrogen-bond donors (Lipinski definition) is 2. The number of fused-ring (bicyclic) bond motifs is 3. The van der Waals surface area contributed by atoms with Gasteiger partial charge in [-0.25, -0.2) is 4.31 Å². The lowest BCUT2D eigenvalue weighted by molar-refractivity contribution is -0.141. The standard InChI is InChI=1S/C24H20N2O2S/c27-24(28)23-22-20(19-8-4-5-9-21(19)25-22)14-15-26(23)29-18-12-10-17(11-13-18)16-6-2-1-3-7-16/h1-13,23,25H,14-15H2,(H,27,28). The average Bonchev–Trinajstić information content (AvgIpc) is 3.13. The summed E-state index contributed by atoms with van der Waals surface area (Å²) in [5, 5.41) is 11.1. The smallest absolute Gasteiger partial charge is 0.328 e. The van der Waals surface area contributed by atoms with Crippen molar-refractivity contribution in [2.45, 2.75) is 17.4 Å². The van der Waals surface area contributed by atoms with E-state index in [-0.39, 0.29) is 0 Å². The Labute approximate surface area is 173 Å². The number of aromatic amines is 1. The Morgan fingerprint density at radius 3 is 2.38 bits per heavy atom. The highest BCUT2D eigenvalue weighted by molar-refractivity contribution is 7.97. The van der Waals surface area contributed by atoms with Crippen molar-refractivity contribution < 1.29 is 9.90 Å². The monoisotopic (exact) mass is 400 g/mol. The molecule has 4 aromatic rings. The summed E-state index contributed by atoms with van der Waals surface area (Å²) < 4.78 is 1.97. The zero-order valence-electron chi connectivity index (χ0n) is 15.7. The first kappa shape index (κ1) is 18.0. The van der Waals surface area contributed by atoms with Gasteiger partial charge in [-0.1, -0.05) is 60.7 Å². The molecule has 144 valence electrons. The number of para-hydroxylation sites is 1. The fraction of sp³-hybridized carbons (Fsp3) is 0.125. The van der Waals surface area contributed by atoms with E-state index in [2.05, 4.69) is 47.4 Å². The molecule has 0 radical (unpaired) electrons. The summed E-state index contributed by atoms with van der Waals surface area (Å²) in [6.45, 7) is 0.691. The number of carboxylic acid groups (broad SMARTS) is 1. The van der Waals surface area contributed by atoms with E-state index in [0.29, 0.717) is 6.54 Å². The molecule has 4 nitrogen and oxygen atoms in total. The highest BCUT2D eigenvalue weighted by Crippen LogP contribution is 2.40. The van der Waals surface area contributed by atoms with E-state index in [1.54, 1.807) is 0 Å². The van der Waals surface area contributed by atoms with Crippen LogP contribution in [0.25, 0.3) is 22.0 Å². The van der Waals surface area contributed by atoms with E-state index in [1.807, 2.05) is 40.7 Å². The third kappa shape index (κ3) is 3.33. The summed E-state index contributed by atoms with van der Waals surface area (Å²) in [7, 11) is 0. The van der Waals surface area contributed by atoms with Gasteiger partial charge >= 0.3 is 5.97 Å². The third-order valence-corrected chi connectivity index (χ3v) is 6.52. The summed E-state index contributed by atoms with van der Waals surface area (Å²) in [6.07, 6.45) is 0.832. The Bertz CT molecular complexity index is 1170. The second kappa shape index (κ2) is 7.43. The van der Waals surface area contributed by atoms with Crippen LogP contribution in [0.3, 0.4) is 0 Å². The van der Waals surface area contributed by atoms with Crippen molar-refractivity contribution in [1.29, 1.82) is 0 Å². The van der Waals surface area contributed by atoms with E-state index < -0.39 is 12.0 Å². The predicted octanol–water partition coefficient (Wildman–Crippen LogP) is 5.53. The topological polar surface area (TPSA) is 56.3 Å². The first-order valence-electron chi connectivity index (χ1n) is 9.63. The second-order valence-corrected chi connectivity index (χ2v) is 8.30. The summed E-state index contributed by atoms with van der Waals surface area (Å²) in [6, 6.07) is 25.9. The minimum Gasteiger partial charge on any atom is -0.480 e. The summed E-state index contributed by atoms with van der Waals surface area (Å²) in [5.74, 6) is -0.828. The van der Waals surface area contributed by atoms with Gasteiger partial charge in [0.25, 0.3) is 0 Å². The molecule has 1 aliphatic rings. The van der Waals surface area contributed by atoms with Crippen molar-refractivity contribution in [2.75, 3.05) is 6.54 Å². The SMILES string of the molecule is O=C(O)C1c2[nH]c3ccccc3c2CCN1Sc1ccc(-c2ccccc2)cc1. The summed E-state index contributed by atoms with van der Waals surface area (Å²) in [4.78, 5) is 16.6. The minimum absolute atomic E-state index is 0.690. The molecule has 2 heterocycles. The van der Waals surface area contributed by atoms with Crippen LogP contribution in [0.1, 0.15) is 17.3 Å². The number of hydrogen-bond acceptors (Lipinski definition) is 3. The van der Waals surface area contributed by atoms with Crippen LogP contribution in [0.5, 0.6) is 0 Å². The fourth-order valence-corrected chi connectivity index (χ4v) is 5.05. The minimum atomic E-state index is -0.828. The van der Waals surface area contributed by atoms with Crippen LogP contribution in [0.15, 0.2) is 83.8 Å². The van der Waals surface area contributed by atoms with Gasteiger partial charge in [-0.15, -0.1) is 0 Å². The molecule has 29 heavy (non-hydrogen) atoms. The highest BCUT2D eigenvalue weighted by atomic mass is 32.2. The lowest BCUT2D eigenvalue weighted by Gasteiger charge is -2.31. The molecule has 0 amide bonds. The molecule has 0 bridgehead atoms. The molecule has 0 saturated carbocycles. The molecular weight excluding hydrogens is 380 g/mol. The van der Waals surface area contributed by atoms with Crippen LogP contribution in [0, 0.1) is 0 Å². The van der Waals surface area contributed by atoms with Crippen LogP contribution >= 0.6 is 11.9 Å². The number of rotatable bonds is 4. The van der Waals surface area contributed by atoms with E-state index in [9.17, 15) is 9.90 Å². The lowest BCUT2D eigenvalue weighted by atomic mass is 9.99. The van der Waals surface area contributed by atoms with Gasteiger partial charge in [0, 0.05) is 28.0 Å². The molecule has 5 rings (SSSR count). The van der Waals surface area contributed by atoms with Gasteiger partial charge in [0.05, 0.1) is 0 Å². The van der Waals surface area contributed by atoms with Gasteiger partial charge in [0.1, 0.15) is 0 Å². The largest absolute Gasteiger partial charge is 0.480 e. The number of carboxylic acids is 1. The molecule has 1 unspecified atom stereocenters. The van der Waals surface area contributed by atoms with Crippen LogP contribution in [-0.2, 0) is 11.2 Å². The molecular formula is C24H20N2O2S. The number of H-pyrrole nitrogens is 1. The van der Waals surface area contributed by atoms with Crippen LogP contribution in [0.2, 0.25) is 0 Å². The quantitative estimate of drug-likeness (QED) is 0.443. The van der Waals surface area contributed by atoms with Gasteiger partial charge < -0.3 is 10.1 Å². The molecule has 0 fully saturated rings. The number of carbonyl (C=O) groups is 1. The molecule has 1 atom stereocenters. The normalized spacial score (nSPS) is 16.6. The molecule has 1 aliphatic heterocycles. The van der Waals surface area contributed by atoms with Crippen LogP contribution in [-0.4, -0.2) is 26.9 Å². The maximum atomic E-state index is 12.2. The highest BCUT2D eigenvalue weighted by Gasteiger charge is 2.36. The van der Waals surface area contributed by atoms with Crippen molar-refractivity contribution in [3.05, 3.63) is 90.1 Å². The number of aromatic nitrogens is 1. The maximum absolute atomic E-state index is 12.2. The fourth-order valence-electron chi connectivity index (χ4n) is 4.04. The number of nitrogens with one attached hydrogen (secondary N) is 1. The Hall–Kier alpha value is -3.02. The Morgan fingerprint density at radius 1 is 0.931 bits per heavy atom. The van der Waals surface area contributed by atoms with E-state index in [1.165, 1.54) is 17.5 Å². The Kier molecular flexibility index (Phi) is 4.62. The predicted molar refractivity (Wildman–Crippen MR) is 117 cm³/mol. The van der Waals surface area contributed by atoms with Gasteiger partial charge in [0.15, 0.2) is 6.04 Å². The molecule has 3 aromatic carbocycles. The van der Waals surface area contributed by atoms with Gasteiger partial charge in [-0.3, -0.25) is 4.79 Å². The zero-order chi connectivity index (χ0) is 19.8. The average molecular weight is 401 g/mol. The van der Waals surface area contributed by atoms with Crippen molar-refractivity contribution >= 4 is 28.8 Å². The van der Waals surface area contributed by atoms with E-state index >= 15 is 0 Å². The Balaban J connectivity index is 1.43. The maximum Gasteiger partial charge on any atom is 0.328 e. The van der Waals surface area contributed by atoms with Gasteiger partial charge in [0.2, 0.25) is 0 Å².